The smallest absolute Gasteiger partial charge is 0.307 e. The third-order valence-corrected chi connectivity index (χ3v) is 5.08. The molecule has 1 saturated carbocycles. The number of carbonyl (C=O) groups excluding carboxylic acids is 2. The molecular formula is C19H18ClN3O4. The molecule has 3 rings (SSSR count). The van der Waals surface area contributed by atoms with E-state index in [4.69, 9.17) is 11.6 Å². The van der Waals surface area contributed by atoms with Crippen molar-refractivity contribution in [2.45, 2.75) is 13.8 Å². The maximum absolute atomic E-state index is 12.4. The first kappa shape index (κ1) is 18.8. The van der Waals surface area contributed by atoms with Crippen LogP contribution in [-0.4, -0.2) is 27.9 Å². The van der Waals surface area contributed by atoms with Crippen molar-refractivity contribution in [2.24, 2.45) is 17.3 Å². The molecule has 0 spiro atoms. The predicted molar refractivity (Wildman–Crippen MR) is 101 cm³/mol. The highest BCUT2D eigenvalue weighted by Gasteiger charge is 2.65. The molecule has 1 heterocycles. The summed E-state index contributed by atoms with van der Waals surface area (Å²) in [4.78, 5) is 39.9. The fourth-order valence-corrected chi connectivity index (χ4v) is 3.47. The van der Waals surface area contributed by atoms with Crippen LogP contribution in [0.3, 0.4) is 0 Å². The number of carboxylic acids is 1. The Morgan fingerprint density at radius 1 is 1.11 bits per heavy atom. The standard InChI is InChI=1S/C19H18ClN3O4/c1-19(2)14(15(19)18(26)27)17(25)22-10-6-7-11(12(20)9-10)16(24)23-13-5-3-4-8-21-13/h3-9,14-15H,1-2H3,(H,22,25)(H,26,27)(H,21,23,24)/t14-,15+/m1/s1. The molecule has 3 N–H and O–H groups in total. The number of nitrogens with one attached hydrogen (secondary N) is 2. The average Bonchev–Trinajstić information content (AvgIpc) is 3.18. The zero-order valence-electron chi connectivity index (χ0n) is 14.7. The van der Waals surface area contributed by atoms with Crippen LogP contribution >= 0.6 is 11.6 Å². The summed E-state index contributed by atoms with van der Waals surface area (Å²) in [7, 11) is 0. The molecule has 1 aliphatic rings. The topological polar surface area (TPSA) is 108 Å². The van der Waals surface area contributed by atoms with Crippen molar-refractivity contribution in [1.82, 2.24) is 4.98 Å². The number of carbonyl (C=O) groups is 3. The number of pyridine rings is 1. The Hall–Kier alpha value is -2.93. The lowest BCUT2D eigenvalue weighted by Crippen LogP contribution is -2.18. The van der Waals surface area contributed by atoms with Gasteiger partial charge in [-0.1, -0.05) is 31.5 Å². The van der Waals surface area contributed by atoms with E-state index in [0.29, 0.717) is 11.5 Å². The molecule has 7 nitrogen and oxygen atoms in total. The number of anilines is 2. The molecule has 2 atom stereocenters. The zero-order valence-corrected chi connectivity index (χ0v) is 15.4. The number of aromatic nitrogens is 1. The molecule has 0 saturated heterocycles. The molecule has 1 aliphatic carbocycles. The number of hydrogen-bond acceptors (Lipinski definition) is 4. The second kappa shape index (κ2) is 7.00. The Morgan fingerprint density at radius 2 is 1.85 bits per heavy atom. The molecule has 140 valence electrons. The fraction of sp³-hybridized carbons (Fsp3) is 0.263. The summed E-state index contributed by atoms with van der Waals surface area (Å²) >= 11 is 6.18. The van der Waals surface area contributed by atoms with Crippen LogP contribution in [0.2, 0.25) is 5.02 Å². The van der Waals surface area contributed by atoms with Crippen LogP contribution in [0.25, 0.3) is 0 Å². The third-order valence-electron chi connectivity index (χ3n) is 4.76. The number of rotatable bonds is 5. The van der Waals surface area contributed by atoms with Gasteiger partial charge in [0.05, 0.1) is 22.4 Å². The summed E-state index contributed by atoms with van der Waals surface area (Å²) in [5, 5.41) is 14.6. The lowest BCUT2D eigenvalue weighted by Gasteiger charge is -2.10. The molecule has 0 radical (unpaired) electrons. The van der Waals surface area contributed by atoms with Gasteiger partial charge in [-0.15, -0.1) is 0 Å². The van der Waals surface area contributed by atoms with Gasteiger partial charge in [0, 0.05) is 11.9 Å². The fourth-order valence-electron chi connectivity index (χ4n) is 3.21. The quantitative estimate of drug-likeness (QED) is 0.729. The first-order valence-corrected chi connectivity index (χ1v) is 8.65. The minimum atomic E-state index is -0.986. The van der Waals surface area contributed by atoms with E-state index in [0.717, 1.165) is 0 Å². The van der Waals surface area contributed by atoms with Crippen LogP contribution in [0, 0.1) is 17.3 Å². The maximum Gasteiger partial charge on any atom is 0.307 e. The monoisotopic (exact) mass is 387 g/mol. The summed E-state index contributed by atoms with van der Waals surface area (Å²) in [6.45, 7) is 3.49. The Kier molecular flexibility index (Phi) is 4.89. The van der Waals surface area contributed by atoms with Crippen molar-refractivity contribution in [2.75, 3.05) is 10.6 Å². The summed E-state index contributed by atoms with van der Waals surface area (Å²) in [5.41, 5.74) is 0.0316. The van der Waals surface area contributed by atoms with E-state index >= 15 is 0 Å². The van der Waals surface area contributed by atoms with Crippen LogP contribution in [-0.2, 0) is 9.59 Å². The molecule has 0 unspecified atom stereocenters. The SMILES string of the molecule is CC1(C)[C@H](C(=O)O)[C@@H]1C(=O)Nc1ccc(C(=O)Nc2ccccn2)c(Cl)c1. The summed E-state index contributed by atoms with van der Waals surface area (Å²) in [5.74, 6) is -2.72. The lowest BCUT2D eigenvalue weighted by molar-refractivity contribution is -0.140. The van der Waals surface area contributed by atoms with Gasteiger partial charge in [-0.2, -0.15) is 0 Å². The second-order valence-corrected chi connectivity index (χ2v) is 7.38. The van der Waals surface area contributed by atoms with Crippen molar-refractivity contribution in [3.05, 3.63) is 53.2 Å². The van der Waals surface area contributed by atoms with Crippen molar-refractivity contribution in [3.8, 4) is 0 Å². The van der Waals surface area contributed by atoms with E-state index in [2.05, 4.69) is 15.6 Å². The van der Waals surface area contributed by atoms with Crippen LogP contribution < -0.4 is 10.6 Å². The molecule has 1 aromatic heterocycles. The van der Waals surface area contributed by atoms with Gasteiger partial charge < -0.3 is 15.7 Å². The van der Waals surface area contributed by atoms with E-state index in [1.165, 1.54) is 12.1 Å². The highest BCUT2D eigenvalue weighted by molar-refractivity contribution is 6.34. The number of nitrogens with zero attached hydrogens (tertiary/aromatic N) is 1. The van der Waals surface area contributed by atoms with Gasteiger partial charge in [-0.05, 0) is 35.7 Å². The highest BCUT2D eigenvalue weighted by atomic mass is 35.5. The third kappa shape index (κ3) is 3.78. The Balaban J connectivity index is 1.69. The lowest BCUT2D eigenvalue weighted by atomic mass is 10.1. The number of carboxylic acid groups (broad SMARTS) is 1. The molecule has 1 fully saturated rings. The van der Waals surface area contributed by atoms with Gasteiger partial charge in [-0.25, -0.2) is 4.98 Å². The highest BCUT2D eigenvalue weighted by Crippen LogP contribution is 2.58. The number of hydrogen-bond donors (Lipinski definition) is 3. The first-order chi connectivity index (χ1) is 12.7. The number of amides is 2. The van der Waals surface area contributed by atoms with Crippen molar-refractivity contribution in [1.29, 1.82) is 0 Å². The largest absolute Gasteiger partial charge is 0.481 e. The van der Waals surface area contributed by atoms with Crippen molar-refractivity contribution < 1.29 is 19.5 Å². The maximum atomic E-state index is 12.4. The van der Waals surface area contributed by atoms with Gasteiger partial charge in [0.2, 0.25) is 5.91 Å². The molecule has 8 heteroatoms. The van der Waals surface area contributed by atoms with Crippen LogP contribution in [0.4, 0.5) is 11.5 Å². The van der Waals surface area contributed by atoms with Crippen molar-refractivity contribution >= 4 is 40.9 Å². The van der Waals surface area contributed by atoms with E-state index in [1.807, 2.05) is 0 Å². The van der Waals surface area contributed by atoms with Crippen molar-refractivity contribution in [3.63, 3.8) is 0 Å². The number of halogens is 1. The minimum absolute atomic E-state index is 0.158. The second-order valence-electron chi connectivity index (χ2n) is 6.97. The predicted octanol–water partition coefficient (Wildman–Crippen LogP) is 3.28. The van der Waals surface area contributed by atoms with E-state index in [-0.39, 0.29) is 16.5 Å². The van der Waals surface area contributed by atoms with Gasteiger partial charge in [0.1, 0.15) is 5.82 Å². The van der Waals surface area contributed by atoms with Gasteiger partial charge in [0.25, 0.3) is 5.91 Å². The van der Waals surface area contributed by atoms with E-state index in [1.54, 1.807) is 44.3 Å². The molecule has 27 heavy (non-hydrogen) atoms. The van der Waals surface area contributed by atoms with Gasteiger partial charge in [0.15, 0.2) is 0 Å². The summed E-state index contributed by atoms with van der Waals surface area (Å²) in [6, 6.07) is 9.61. The molecule has 2 amide bonds. The van der Waals surface area contributed by atoms with Crippen LogP contribution in [0.1, 0.15) is 24.2 Å². The number of benzene rings is 1. The molecule has 0 bridgehead atoms. The normalized spacial score (nSPS) is 19.8. The van der Waals surface area contributed by atoms with Crippen LogP contribution in [0.5, 0.6) is 0 Å². The van der Waals surface area contributed by atoms with Gasteiger partial charge in [-0.3, -0.25) is 14.4 Å². The average molecular weight is 388 g/mol. The number of aliphatic carboxylic acids is 1. The van der Waals surface area contributed by atoms with Gasteiger partial charge >= 0.3 is 5.97 Å². The van der Waals surface area contributed by atoms with Crippen LogP contribution in [0.15, 0.2) is 42.6 Å². The summed E-state index contributed by atoms with van der Waals surface area (Å²) in [6.07, 6.45) is 1.56. The molecule has 0 aliphatic heterocycles. The Morgan fingerprint density at radius 3 is 2.41 bits per heavy atom. The van der Waals surface area contributed by atoms with E-state index < -0.39 is 29.1 Å². The molecular weight excluding hydrogens is 370 g/mol. The molecule has 2 aromatic rings. The summed E-state index contributed by atoms with van der Waals surface area (Å²) < 4.78 is 0. The van der Waals surface area contributed by atoms with E-state index in [9.17, 15) is 19.5 Å². The molecule has 1 aromatic carbocycles. The Labute approximate surface area is 160 Å². The first-order valence-electron chi connectivity index (χ1n) is 8.27. The minimum Gasteiger partial charge on any atom is -0.481 e. The Bertz CT molecular complexity index is 914. The zero-order chi connectivity index (χ0) is 19.8.